The van der Waals surface area contributed by atoms with Gasteiger partial charge in [0.2, 0.25) is 4.96 Å². The molecule has 0 N–H and O–H groups in total. The van der Waals surface area contributed by atoms with E-state index in [9.17, 15) is 0 Å². The van der Waals surface area contributed by atoms with Gasteiger partial charge in [-0.3, -0.25) is 0 Å². The van der Waals surface area contributed by atoms with E-state index in [0.29, 0.717) is 17.1 Å². The summed E-state index contributed by atoms with van der Waals surface area (Å²) < 4.78 is 13.5. The van der Waals surface area contributed by atoms with Gasteiger partial charge in [-0.1, -0.05) is 48.8 Å². The fraction of sp³-hybridized carbons (Fsp3) is 0.478. The molecule has 3 aromatic heterocycles. The number of nitrogens with zero attached hydrogens (tertiary/aromatic N) is 6. The molecule has 0 saturated carbocycles. The number of rotatable bonds is 6. The van der Waals surface area contributed by atoms with Gasteiger partial charge >= 0.3 is 6.01 Å². The Morgan fingerprint density at radius 2 is 1.84 bits per heavy atom. The van der Waals surface area contributed by atoms with Crippen LogP contribution >= 0.6 is 11.3 Å². The third kappa shape index (κ3) is 4.21. The molecule has 1 aliphatic rings. The van der Waals surface area contributed by atoms with Crippen LogP contribution in [-0.2, 0) is 0 Å². The molecule has 1 aliphatic heterocycles. The molecule has 1 saturated heterocycles. The van der Waals surface area contributed by atoms with Crippen LogP contribution in [0.2, 0.25) is 0 Å². The molecule has 4 aromatic rings. The highest BCUT2D eigenvalue weighted by Gasteiger charge is 2.28. The predicted molar refractivity (Wildman–Crippen MR) is 124 cm³/mol. The van der Waals surface area contributed by atoms with Crippen LogP contribution in [0.25, 0.3) is 16.2 Å². The molecule has 1 atom stereocenters. The van der Waals surface area contributed by atoms with E-state index in [4.69, 9.17) is 14.2 Å². The SMILES string of the molecule is Cc1ccc(-c2cn3nc(O[C@@H](C)C4CCN(c5nc(C(C)C)no5)CC4)sc3n2)cc1. The smallest absolute Gasteiger partial charge is 0.324 e. The van der Waals surface area contributed by atoms with Crippen LogP contribution in [0.4, 0.5) is 6.01 Å². The minimum absolute atomic E-state index is 0.0819. The Bertz CT molecular complexity index is 1160. The molecule has 0 spiro atoms. The first-order chi connectivity index (χ1) is 15.5. The summed E-state index contributed by atoms with van der Waals surface area (Å²) in [6.45, 7) is 10.1. The van der Waals surface area contributed by atoms with Gasteiger partial charge in [0, 0.05) is 24.6 Å². The van der Waals surface area contributed by atoms with E-state index >= 15 is 0 Å². The van der Waals surface area contributed by atoms with Gasteiger partial charge in [0.1, 0.15) is 6.10 Å². The highest BCUT2D eigenvalue weighted by Crippen LogP contribution is 2.30. The first kappa shape index (κ1) is 20.9. The molecule has 5 rings (SSSR count). The van der Waals surface area contributed by atoms with Crippen LogP contribution in [0.3, 0.4) is 0 Å². The van der Waals surface area contributed by atoms with Crippen LogP contribution in [0.15, 0.2) is 35.0 Å². The summed E-state index contributed by atoms with van der Waals surface area (Å²) in [5.41, 5.74) is 3.26. The van der Waals surface area contributed by atoms with Crippen LogP contribution in [0.5, 0.6) is 5.19 Å². The first-order valence-electron chi connectivity index (χ1n) is 11.1. The molecule has 0 bridgehead atoms. The number of aryl methyl sites for hydroxylation is 1. The van der Waals surface area contributed by atoms with Gasteiger partial charge in [0.05, 0.1) is 11.9 Å². The lowest BCUT2D eigenvalue weighted by molar-refractivity contribution is 0.130. The fourth-order valence-corrected chi connectivity index (χ4v) is 4.81. The lowest BCUT2D eigenvalue weighted by Crippen LogP contribution is -2.38. The maximum Gasteiger partial charge on any atom is 0.324 e. The zero-order chi connectivity index (χ0) is 22.2. The monoisotopic (exact) mass is 452 g/mol. The molecule has 0 unspecified atom stereocenters. The van der Waals surface area contributed by atoms with E-state index in [0.717, 1.165) is 48.0 Å². The molecule has 0 amide bonds. The van der Waals surface area contributed by atoms with Crippen molar-refractivity contribution in [3.63, 3.8) is 0 Å². The van der Waals surface area contributed by atoms with E-state index in [2.05, 4.69) is 72.1 Å². The van der Waals surface area contributed by atoms with Crippen molar-refractivity contribution in [3.05, 3.63) is 41.9 Å². The number of hydrogen-bond acceptors (Lipinski definition) is 8. The highest BCUT2D eigenvalue weighted by molar-refractivity contribution is 7.18. The Labute approximate surface area is 191 Å². The van der Waals surface area contributed by atoms with Gasteiger partial charge < -0.3 is 14.2 Å². The summed E-state index contributed by atoms with van der Waals surface area (Å²) in [6, 6.07) is 9.00. The Kier molecular flexibility index (Phi) is 5.58. The highest BCUT2D eigenvalue weighted by atomic mass is 32.1. The van der Waals surface area contributed by atoms with Gasteiger partial charge in [0.15, 0.2) is 5.82 Å². The number of ether oxygens (including phenoxy) is 1. The Morgan fingerprint density at radius 1 is 1.09 bits per heavy atom. The van der Waals surface area contributed by atoms with Crippen molar-refractivity contribution in [2.45, 2.75) is 52.6 Å². The molecular formula is C23H28N6O2S. The molecule has 1 aromatic carbocycles. The number of hydrogen-bond donors (Lipinski definition) is 0. The summed E-state index contributed by atoms with van der Waals surface area (Å²) in [7, 11) is 0. The van der Waals surface area contributed by atoms with Crippen LogP contribution in [0, 0.1) is 12.8 Å². The number of benzene rings is 1. The Balaban J connectivity index is 1.19. The molecule has 1 fully saturated rings. The van der Waals surface area contributed by atoms with Crippen molar-refractivity contribution in [2.24, 2.45) is 5.92 Å². The third-order valence-electron chi connectivity index (χ3n) is 6.08. The third-order valence-corrected chi connectivity index (χ3v) is 6.89. The zero-order valence-corrected chi connectivity index (χ0v) is 19.7. The van der Waals surface area contributed by atoms with E-state index in [-0.39, 0.29) is 12.0 Å². The molecule has 4 heterocycles. The quantitative estimate of drug-likeness (QED) is 0.409. The average molecular weight is 453 g/mol. The van der Waals surface area contributed by atoms with Crippen LogP contribution in [-0.4, -0.2) is 43.9 Å². The molecule has 9 heteroatoms. The van der Waals surface area contributed by atoms with E-state index in [1.807, 2.05) is 10.7 Å². The second kappa shape index (κ2) is 8.54. The lowest BCUT2D eigenvalue weighted by atomic mass is 9.92. The number of fused-ring (bicyclic) bond motifs is 1. The predicted octanol–water partition coefficient (Wildman–Crippen LogP) is 4.96. The van der Waals surface area contributed by atoms with Gasteiger partial charge in [0.25, 0.3) is 5.19 Å². The topological polar surface area (TPSA) is 81.6 Å². The summed E-state index contributed by atoms with van der Waals surface area (Å²) in [5.74, 6) is 1.49. The zero-order valence-electron chi connectivity index (χ0n) is 18.9. The number of piperidine rings is 1. The summed E-state index contributed by atoms with van der Waals surface area (Å²) in [4.78, 5) is 12.3. The normalized spacial score (nSPS) is 16.2. The molecule has 0 radical (unpaired) electrons. The number of imidazole rings is 1. The first-order valence-corrected chi connectivity index (χ1v) is 12.0. The van der Waals surface area contributed by atoms with Crippen molar-refractivity contribution in [3.8, 4) is 16.5 Å². The molecule has 168 valence electrons. The standard InChI is InChI=1S/C23H28N6O2S/c1-14(2)20-25-21(31-27-20)28-11-9-17(10-12-28)16(4)30-23-26-29-13-19(24-22(29)32-23)18-7-5-15(3)6-8-18/h5-8,13-14,16-17H,9-12H2,1-4H3/t16-/m0/s1. The summed E-state index contributed by atoms with van der Waals surface area (Å²) >= 11 is 1.49. The molecule has 0 aliphatic carbocycles. The number of aromatic nitrogens is 5. The van der Waals surface area contributed by atoms with Crippen molar-refractivity contribution < 1.29 is 9.26 Å². The van der Waals surface area contributed by atoms with E-state index in [1.54, 1.807) is 0 Å². The lowest BCUT2D eigenvalue weighted by Gasteiger charge is -2.33. The van der Waals surface area contributed by atoms with Crippen molar-refractivity contribution in [1.82, 2.24) is 24.7 Å². The maximum absolute atomic E-state index is 6.21. The average Bonchev–Trinajstić information content (AvgIpc) is 3.49. The van der Waals surface area contributed by atoms with E-state index < -0.39 is 0 Å². The maximum atomic E-state index is 6.21. The minimum atomic E-state index is 0.0819. The molecular weight excluding hydrogens is 424 g/mol. The second-order valence-electron chi connectivity index (χ2n) is 8.82. The number of anilines is 1. The van der Waals surface area contributed by atoms with Crippen LogP contribution in [0.1, 0.15) is 50.9 Å². The minimum Gasteiger partial charge on any atom is -0.466 e. The van der Waals surface area contributed by atoms with Crippen molar-refractivity contribution in [2.75, 3.05) is 18.0 Å². The Morgan fingerprint density at radius 3 is 2.50 bits per heavy atom. The van der Waals surface area contributed by atoms with Gasteiger partial charge in [-0.15, -0.1) is 5.10 Å². The van der Waals surface area contributed by atoms with E-state index in [1.165, 1.54) is 16.9 Å². The Hall–Kier alpha value is -2.94. The fourth-order valence-electron chi connectivity index (χ4n) is 4.00. The second-order valence-corrected chi connectivity index (χ2v) is 9.74. The summed E-state index contributed by atoms with van der Waals surface area (Å²) in [6.07, 6.45) is 4.07. The molecule has 32 heavy (non-hydrogen) atoms. The van der Waals surface area contributed by atoms with Crippen molar-refractivity contribution in [1.29, 1.82) is 0 Å². The summed E-state index contributed by atoms with van der Waals surface area (Å²) in [5, 5.41) is 9.34. The van der Waals surface area contributed by atoms with Gasteiger partial charge in [-0.2, -0.15) is 4.98 Å². The van der Waals surface area contributed by atoms with Gasteiger partial charge in [-0.05, 0) is 43.9 Å². The molecule has 8 nitrogen and oxygen atoms in total. The van der Waals surface area contributed by atoms with Crippen molar-refractivity contribution >= 4 is 22.3 Å². The van der Waals surface area contributed by atoms with Crippen LogP contribution < -0.4 is 9.64 Å². The van der Waals surface area contributed by atoms with Gasteiger partial charge in [-0.25, -0.2) is 9.50 Å². The largest absolute Gasteiger partial charge is 0.466 e.